The molecular weight excluding hydrogens is 348 g/mol. The molecule has 1 aliphatic rings. The normalized spacial score (nSPS) is 26.3. The van der Waals surface area contributed by atoms with E-state index in [9.17, 15) is 20.1 Å². The highest BCUT2D eigenvalue weighted by atomic mass is 16.4. The van der Waals surface area contributed by atoms with Crippen molar-refractivity contribution in [2.75, 3.05) is 0 Å². The number of aliphatic hydroxyl groups excluding tert-OH is 3. The fourth-order valence-electron chi connectivity index (χ4n) is 3.23. The van der Waals surface area contributed by atoms with Crippen LogP contribution in [0.4, 0.5) is 0 Å². The van der Waals surface area contributed by atoms with Gasteiger partial charge in [-0.1, -0.05) is 24.1 Å². The number of hydrogen-bond acceptors (Lipinski definition) is 5. The summed E-state index contributed by atoms with van der Waals surface area (Å²) in [7, 11) is 0. The van der Waals surface area contributed by atoms with Crippen LogP contribution >= 0.6 is 0 Å². The monoisotopic (exact) mass is 374 g/mol. The van der Waals surface area contributed by atoms with Crippen molar-refractivity contribution in [2.45, 2.75) is 50.4 Å². The number of carboxylic acid groups (broad SMARTS) is 1. The lowest BCUT2D eigenvalue weighted by Gasteiger charge is -2.19. The Morgan fingerprint density at radius 3 is 2.85 bits per heavy atom. The van der Waals surface area contributed by atoms with Gasteiger partial charge >= 0.3 is 5.97 Å². The van der Waals surface area contributed by atoms with Crippen LogP contribution in [0.5, 0.6) is 0 Å². The molecule has 0 radical (unpaired) electrons. The first-order chi connectivity index (χ1) is 13.0. The van der Waals surface area contributed by atoms with Crippen molar-refractivity contribution in [2.24, 2.45) is 11.8 Å². The molecule has 1 aliphatic carbocycles. The third-order valence-corrected chi connectivity index (χ3v) is 4.63. The lowest BCUT2D eigenvalue weighted by molar-refractivity contribution is -0.137. The Morgan fingerprint density at radius 1 is 1.33 bits per heavy atom. The van der Waals surface area contributed by atoms with Gasteiger partial charge in [-0.05, 0) is 49.3 Å². The number of rotatable bonds is 8. The Hall–Kier alpha value is -2.33. The molecule has 1 heterocycles. The van der Waals surface area contributed by atoms with Gasteiger partial charge in [0.1, 0.15) is 6.10 Å². The smallest absolute Gasteiger partial charge is 0.303 e. The fourth-order valence-corrected chi connectivity index (χ4v) is 3.23. The lowest BCUT2D eigenvalue weighted by atomic mass is 9.89. The third-order valence-electron chi connectivity index (χ3n) is 4.63. The van der Waals surface area contributed by atoms with E-state index < -0.39 is 24.3 Å². The molecule has 0 aromatic carbocycles. The van der Waals surface area contributed by atoms with Gasteiger partial charge in [0, 0.05) is 18.8 Å². The summed E-state index contributed by atoms with van der Waals surface area (Å²) in [5.74, 6) is 4.58. The number of unbranched alkanes of at least 4 members (excludes halogenated alkanes) is 1. The van der Waals surface area contributed by atoms with E-state index in [1.165, 1.54) is 12.3 Å². The van der Waals surface area contributed by atoms with Crippen LogP contribution in [0.3, 0.4) is 0 Å². The van der Waals surface area contributed by atoms with E-state index in [2.05, 4.69) is 11.8 Å². The highest BCUT2D eigenvalue weighted by Gasteiger charge is 2.39. The van der Waals surface area contributed by atoms with E-state index in [0.29, 0.717) is 31.4 Å². The minimum Gasteiger partial charge on any atom is -0.481 e. The van der Waals surface area contributed by atoms with Gasteiger partial charge in [-0.3, -0.25) is 4.79 Å². The minimum atomic E-state index is -0.993. The van der Waals surface area contributed by atoms with Gasteiger partial charge in [0.25, 0.3) is 0 Å². The zero-order chi connectivity index (χ0) is 19.6. The molecule has 1 fully saturated rings. The number of hydrogen-bond donors (Lipinski definition) is 4. The summed E-state index contributed by atoms with van der Waals surface area (Å²) in [5.41, 5.74) is 0. The van der Waals surface area contributed by atoms with Crippen LogP contribution < -0.4 is 0 Å². The average Bonchev–Trinajstić information content (AvgIpc) is 3.22. The molecular formula is C21H26O6. The Bertz CT molecular complexity index is 694. The maximum atomic E-state index is 10.5. The SMILES string of the molecule is O=C(O)CCC/C=C\C[C@@H]1[C@@H](/C=C/[C@@H](O)C#Cc2ccco2)[C@H](O)C[C@@H]1O. The average molecular weight is 374 g/mol. The molecule has 2 rings (SSSR count). The largest absolute Gasteiger partial charge is 0.481 e. The lowest BCUT2D eigenvalue weighted by Crippen LogP contribution is -2.20. The van der Waals surface area contributed by atoms with Gasteiger partial charge in [0.05, 0.1) is 18.5 Å². The van der Waals surface area contributed by atoms with Crippen LogP contribution in [0.25, 0.3) is 0 Å². The van der Waals surface area contributed by atoms with E-state index in [4.69, 9.17) is 9.52 Å². The van der Waals surface area contributed by atoms with Gasteiger partial charge in [0.2, 0.25) is 0 Å². The second-order valence-electron chi connectivity index (χ2n) is 6.68. The Kier molecular flexibility index (Phi) is 8.34. The van der Waals surface area contributed by atoms with Crippen LogP contribution in [0.1, 0.15) is 37.9 Å². The quantitative estimate of drug-likeness (QED) is 0.315. The number of allylic oxidation sites excluding steroid dienone is 2. The predicted molar refractivity (Wildman–Crippen MR) is 99.6 cm³/mol. The molecule has 1 saturated carbocycles. The molecule has 27 heavy (non-hydrogen) atoms. The minimum absolute atomic E-state index is 0.136. The molecule has 6 heteroatoms. The van der Waals surface area contributed by atoms with Gasteiger partial charge in [0.15, 0.2) is 5.76 Å². The highest BCUT2D eigenvalue weighted by Crippen LogP contribution is 2.36. The summed E-state index contributed by atoms with van der Waals surface area (Å²) in [6, 6.07) is 3.40. The van der Waals surface area contributed by atoms with E-state index in [1.54, 1.807) is 18.2 Å². The highest BCUT2D eigenvalue weighted by molar-refractivity contribution is 5.66. The second-order valence-corrected chi connectivity index (χ2v) is 6.68. The number of aliphatic hydroxyl groups is 3. The topological polar surface area (TPSA) is 111 Å². The first kappa shape index (κ1) is 21.0. The van der Waals surface area contributed by atoms with Crippen LogP contribution in [-0.2, 0) is 4.79 Å². The molecule has 1 aromatic heterocycles. The maximum absolute atomic E-state index is 10.5. The Morgan fingerprint density at radius 2 is 2.15 bits per heavy atom. The zero-order valence-corrected chi connectivity index (χ0v) is 15.1. The first-order valence-corrected chi connectivity index (χ1v) is 9.11. The summed E-state index contributed by atoms with van der Waals surface area (Å²) >= 11 is 0. The second kappa shape index (κ2) is 10.7. The van der Waals surface area contributed by atoms with Crippen LogP contribution in [0, 0.1) is 23.7 Å². The Balaban J connectivity index is 1.88. The number of carboxylic acids is 1. The van der Waals surface area contributed by atoms with Gasteiger partial charge in [-0.15, -0.1) is 0 Å². The molecule has 146 valence electrons. The maximum Gasteiger partial charge on any atom is 0.303 e. The molecule has 0 aliphatic heterocycles. The van der Waals surface area contributed by atoms with Crippen molar-refractivity contribution in [3.05, 3.63) is 48.5 Å². The zero-order valence-electron chi connectivity index (χ0n) is 15.1. The number of furan rings is 1. The standard InChI is InChI=1S/C21H26O6/c22-15(9-11-16-6-5-13-27-16)10-12-18-17(19(23)14-20(18)24)7-3-1-2-4-8-21(25)26/h1,3,5-6,10,12-13,15,17-20,22-24H,2,4,7-8,14H2,(H,25,26)/b3-1-,12-10+/t15-,17+,18+,19-,20+/m0/s1. The summed E-state index contributed by atoms with van der Waals surface area (Å²) in [4.78, 5) is 10.5. The fraction of sp³-hybridized carbons (Fsp3) is 0.476. The van der Waals surface area contributed by atoms with Crippen molar-refractivity contribution in [1.29, 1.82) is 0 Å². The molecule has 1 aromatic rings. The third kappa shape index (κ3) is 7.06. The van der Waals surface area contributed by atoms with Crippen molar-refractivity contribution in [1.82, 2.24) is 0 Å². The molecule has 0 unspecified atom stereocenters. The molecule has 6 nitrogen and oxygen atoms in total. The summed E-state index contributed by atoms with van der Waals surface area (Å²) in [6.07, 6.45) is 8.52. The van der Waals surface area contributed by atoms with Crippen molar-refractivity contribution in [3.63, 3.8) is 0 Å². The summed E-state index contributed by atoms with van der Waals surface area (Å²) in [6.45, 7) is 0. The van der Waals surface area contributed by atoms with E-state index >= 15 is 0 Å². The Labute approximate surface area is 158 Å². The molecule has 0 spiro atoms. The first-order valence-electron chi connectivity index (χ1n) is 9.11. The van der Waals surface area contributed by atoms with Crippen molar-refractivity contribution in [3.8, 4) is 11.8 Å². The van der Waals surface area contributed by atoms with Gasteiger partial charge in [-0.25, -0.2) is 0 Å². The van der Waals surface area contributed by atoms with Crippen LogP contribution in [-0.4, -0.2) is 44.7 Å². The van der Waals surface area contributed by atoms with Crippen molar-refractivity contribution >= 4 is 5.97 Å². The van der Waals surface area contributed by atoms with Gasteiger partial charge in [-0.2, -0.15) is 0 Å². The molecule has 5 atom stereocenters. The van der Waals surface area contributed by atoms with E-state index in [-0.39, 0.29) is 18.3 Å². The molecule has 0 saturated heterocycles. The van der Waals surface area contributed by atoms with E-state index in [1.807, 2.05) is 12.2 Å². The van der Waals surface area contributed by atoms with E-state index in [0.717, 1.165) is 0 Å². The number of aliphatic carboxylic acids is 1. The summed E-state index contributed by atoms with van der Waals surface area (Å²) < 4.78 is 5.07. The molecule has 4 N–H and O–H groups in total. The van der Waals surface area contributed by atoms with Crippen molar-refractivity contribution < 1.29 is 29.6 Å². The molecule has 0 amide bonds. The molecule has 0 bridgehead atoms. The van der Waals surface area contributed by atoms with Crippen LogP contribution in [0.2, 0.25) is 0 Å². The summed E-state index contributed by atoms with van der Waals surface area (Å²) in [5, 5.41) is 38.9. The van der Waals surface area contributed by atoms with Crippen LogP contribution in [0.15, 0.2) is 47.1 Å². The number of carbonyl (C=O) groups is 1. The predicted octanol–water partition coefficient (Wildman–Crippen LogP) is 2.11. The van der Waals surface area contributed by atoms with Gasteiger partial charge < -0.3 is 24.8 Å².